The van der Waals surface area contributed by atoms with Crippen LogP contribution >= 0.6 is 0 Å². The first-order valence-corrected chi connectivity index (χ1v) is 12.4. The van der Waals surface area contributed by atoms with Gasteiger partial charge in [0.05, 0.1) is 35.4 Å². The zero-order chi connectivity index (χ0) is 22.3. The van der Waals surface area contributed by atoms with Crippen LogP contribution in [0.15, 0.2) is 36.8 Å². The highest BCUT2D eigenvalue weighted by atomic mass is 16.5. The number of aromatic nitrogens is 4. The number of fused-ring (bicyclic) bond motifs is 1. The first-order chi connectivity index (χ1) is 16.2. The molecule has 3 aliphatic rings. The first kappa shape index (κ1) is 20.8. The zero-order valence-electron chi connectivity index (χ0n) is 19.0. The molecule has 1 saturated heterocycles. The Morgan fingerprint density at radius 2 is 1.94 bits per heavy atom. The molecule has 0 bridgehead atoms. The smallest absolute Gasteiger partial charge is 0.252 e. The standard InChI is InChI=1S/C26H31N5O2/c32-25(28-15-20-6-11-26(33-20)9-2-1-3-10-26)21-14-23(19-4-5-19)30-24-22(21)16-29-31(24)17-18-7-12-27-13-8-18/h7-8,12-14,16,19-20H,1-6,9-11,15,17H2,(H,28,32). The molecule has 1 atom stereocenters. The van der Waals surface area contributed by atoms with Crippen LogP contribution in [0.5, 0.6) is 0 Å². The monoisotopic (exact) mass is 445 g/mol. The van der Waals surface area contributed by atoms with Gasteiger partial charge in [-0.2, -0.15) is 5.10 Å². The van der Waals surface area contributed by atoms with E-state index in [2.05, 4.69) is 15.4 Å². The zero-order valence-corrected chi connectivity index (χ0v) is 19.0. The Balaban J connectivity index is 1.21. The third-order valence-corrected chi connectivity index (χ3v) is 7.54. The molecule has 2 aliphatic carbocycles. The van der Waals surface area contributed by atoms with Crippen molar-refractivity contribution in [3.05, 3.63) is 53.6 Å². The molecule has 2 saturated carbocycles. The summed E-state index contributed by atoms with van der Waals surface area (Å²) in [6.07, 6.45) is 16.1. The lowest BCUT2D eigenvalue weighted by atomic mass is 9.83. The summed E-state index contributed by atoms with van der Waals surface area (Å²) in [7, 11) is 0. The van der Waals surface area contributed by atoms with Crippen molar-refractivity contribution in [1.82, 2.24) is 25.1 Å². The molecule has 7 heteroatoms. The number of nitrogens with zero attached hydrogens (tertiary/aromatic N) is 4. The lowest BCUT2D eigenvalue weighted by molar-refractivity contribution is -0.0618. The summed E-state index contributed by atoms with van der Waals surface area (Å²) in [5.41, 5.74) is 3.63. The Kier molecular flexibility index (Phi) is 5.37. The summed E-state index contributed by atoms with van der Waals surface area (Å²) in [5.74, 6) is 0.399. The molecular formula is C26H31N5O2. The van der Waals surface area contributed by atoms with Crippen LogP contribution in [-0.2, 0) is 11.3 Å². The molecule has 3 aromatic heterocycles. The van der Waals surface area contributed by atoms with E-state index in [0.717, 1.165) is 48.0 Å². The van der Waals surface area contributed by atoms with Crippen LogP contribution in [0.4, 0.5) is 0 Å². The molecule has 1 amide bonds. The second-order valence-corrected chi connectivity index (χ2v) is 10.00. The number of carbonyl (C=O) groups excluding carboxylic acids is 1. The SMILES string of the molecule is O=C(NCC1CCC2(CCCCC2)O1)c1cc(C2CC2)nc2c1cnn2Cc1ccncc1. The van der Waals surface area contributed by atoms with Gasteiger partial charge in [0.1, 0.15) is 0 Å². The Bertz CT molecular complexity index is 1150. The van der Waals surface area contributed by atoms with Gasteiger partial charge in [-0.3, -0.25) is 9.78 Å². The van der Waals surface area contributed by atoms with Gasteiger partial charge in [-0.1, -0.05) is 19.3 Å². The summed E-state index contributed by atoms with van der Waals surface area (Å²) in [4.78, 5) is 22.3. The minimum atomic E-state index is -0.0547. The summed E-state index contributed by atoms with van der Waals surface area (Å²) in [5, 5.41) is 8.55. The van der Waals surface area contributed by atoms with Gasteiger partial charge in [-0.15, -0.1) is 0 Å². The average Bonchev–Trinajstić information content (AvgIpc) is 3.53. The van der Waals surface area contributed by atoms with Crippen molar-refractivity contribution in [1.29, 1.82) is 0 Å². The minimum Gasteiger partial charge on any atom is -0.370 e. The molecule has 6 rings (SSSR count). The summed E-state index contributed by atoms with van der Waals surface area (Å²) < 4.78 is 8.35. The van der Waals surface area contributed by atoms with Crippen LogP contribution < -0.4 is 5.32 Å². The second kappa shape index (κ2) is 8.52. The fraction of sp³-hybridized carbons (Fsp3) is 0.538. The average molecular weight is 446 g/mol. The molecule has 33 heavy (non-hydrogen) atoms. The lowest BCUT2D eigenvalue weighted by Crippen LogP contribution is -2.36. The van der Waals surface area contributed by atoms with E-state index in [-0.39, 0.29) is 17.6 Å². The Labute approximate surface area is 193 Å². The van der Waals surface area contributed by atoms with Crippen molar-refractivity contribution in [2.24, 2.45) is 0 Å². The van der Waals surface area contributed by atoms with Gasteiger partial charge >= 0.3 is 0 Å². The maximum absolute atomic E-state index is 13.3. The van der Waals surface area contributed by atoms with E-state index in [1.165, 1.54) is 32.1 Å². The molecule has 0 radical (unpaired) electrons. The van der Waals surface area contributed by atoms with E-state index in [9.17, 15) is 4.79 Å². The van der Waals surface area contributed by atoms with Crippen molar-refractivity contribution in [2.75, 3.05) is 6.54 Å². The number of carbonyl (C=O) groups is 1. The summed E-state index contributed by atoms with van der Waals surface area (Å²) in [6.45, 7) is 1.17. The molecule has 1 unspecified atom stereocenters. The minimum absolute atomic E-state index is 0.0547. The van der Waals surface area contributed by atoms with Crippen molar-refractivity contribution >= 4 is 16.9 Å². The summed E-state index contributed by atoms with van der Waals surface area (Å²) in [6, 6.07) is 5.94. The van der Waals surface area contributed by atoms with Gasteiger partial charge in [0.2, 0.25) is 0 Å². The Morgan fingerprint density at radius 1 is 1.12 bits per heavy atom. The van der Waals surface area contributed by atoms with Gasteiger partial charge in [0, 0.05) is 30.6 Å². The quantitative estimate of drug-likeness (QED) is 0.610. The molecule has 0 aromatic carbocycles. The largest absolute Gasteiger partial charge is 0.370 e. The Hall–Kier alpha value is -2.80. The number of hydrogen-bond donors (Lipinski definition) is 1. The number of pyridine rings is 2. The third-order valence-electron chi connectivity index (χ3n) is 7.54. The van der Waals surface area contributed by atoms with E-state index < -0.39 is 0 Å². The molecule has 1 spiro atoms. The normalized spacial score (nSPS) is 22.1. The van der Waals surface area contributed by atoms with Crippen molar-refractivity contribution in [3.8, 4) is 0 Å². The molecule has 7 nitrogen and oxygen atoms in total. The fourth-order valence-corrected chi connectivity index (χ4v) is 5.52. The van der Waals surface area contributed by atoms with Crippen molar-refractivity contribution in [2.45, 2.75) is 82.0 Å². The van der Waals surface area contributed by atoms with Crippen LogP contribution in [0.3, 0.4) is 0 Å². The molecule has 3 fully saturated rings. The van der Waals surface area contributed by atoms with Crippen LogP contribution in [0.1, 0.15) is 85.3 Å². The van der Waals surface area contributed by atoms with Crippen molar-refractivity contribution < 1.29 is 9.53 Å². The second-order valence-electron chi connectivity index (χ2n) is 10.00. The lowest BCUT2D eigenvalue weighted by Gasteiger charge is -2.33. The van der Waals surface area contributed by atoms with E-state index >= 15 is 0 Å². The third kappa shape index (κ3) is 4.26. The number of amides is 1. The van der Waals surface area contributed by atoms with Gasteiger partial charge < -0.3 is 10.1 Å². The number of rotatable bonds is 6. The maximum Gasteiger partial charge on any atom is 0.252 e. The van der Waals surface area contributed by atoms with Gasteiger partial charge in [0.25, 0.3) is 5.91 Å². The van der Waals surface area contributed by atoms with Gasteiger partial charge in [-0.05, 0) is 62.3 Å². The first-order valence-electron chi connectivity index (χ1n) is 12.4. The Morgan fingerprint density at radius 3 is 2.73 bits per heavy atom. The fourth-order valence-electron chi connectivity index (χ4n) is 5.52. The van der Waals surface area contributed by atoms with E-state index in [0.29, 0.717) is 24.6 Å². The van der Waals surface area contributed by atoms with Crippen molar-refractivity contribution in [3.63, 3.8) is 0 Å². The van der Waals surface area contributed by atoms with E-state index in [4.69, 9.17) is 9.72 Å². The topological polar surface area (TPSA) is 81.9 Å². The highest BCUT2D eigenvalue weighted by Crippen LogP contribution is 2.42. The van der Waals surface area contributed by atoms with Crippen LogP contribution in [-0.4, -0.2) is 43.9 Å². The predicted molar refractivity (Wildman–Crippen MR) is 125 cm³/mol. The molecule has 3 aromatic rings. The molecule has 4 heterocycles. The number of hydrogen-bond acceptors (Lipinski definition) is 5. The highest BCUT2D eigenvalue weighted by Gasteiger charge is 2.40. The summed E-state index contributed by atoms with van der Waals surface area (Å²) >= 11 is 0. The van der Waals surface area contributed by atoms with Crippen LogP contribution in [0, 0.1) is 0 Å². The van der Waals surface area contributed by atoms with Crippen LogP contribution in [0.2, 0.25) is 0 Å². The molecule has 1 aliphatic heterocycles. The van der Waals surface area contributed by atoms with E-state index in [1.54, 1.807) is 18.6 Å². The molecule has 1 N–H and O–H groups in total. The van der Waals surface area contributed by atoms with E-state index in [1.807, 2.05) is 22.9 Å². The number of ether oxygens (including phenoxy) is 1. The number of nitrogens with one attached hydrogen (secondary N) is 1. The van der Waals surface area contributed by atoms with Crippen LogP contribution in [0.25, 0.3) is 11.0 Å². The predicted octanol–water partition coefficient (Wildman–Crippen LogP) is 4.36. The molecule has 172 valence electrons. The molecular weight excluding hydrogens is 414 g/mol. The highest BCUT2D eigenvalue weighted by molar-refractivity contribution is 6.05. The van der Waals surface area contributed by atoms with Gasteiger partial charge in [0.15, 0.2) is 5.65 Å². The van der Waals surface area contributed by atoms with Gasteiger partial charge in [-0.25, -0.2) is 9.67 Å². The maximum atomic E-state index is 13.3.